The van der Waals surface area contributed by atoms with Crippen molar-refractivity contribution in [3.05, 3.63) is 62.4 Å². The first kappa shape index (κ1) is 14.9. The van der Waals surface area contributed by atoms with Gasteiger partial charge in [-0.25, -0.2) is 4.39 Å². The Morgan fingerprint density at radius 3 is 2.71 bits per heavy atom. The van der Waals surface area contributed by atoms with Crippen LogP contribution in [0.2, 0.25) is 0 Å². The fraction of sp³-hybridized carbons (Fsp3) is 0. The third kappa shape index (κ3) is 3.16. The normalized spacial score (nSPS) is 10.2. The molecule has 0 bridgehead atoms. The van der Waals surface area contributed by atoms with Crippen LogP contribution in [0.3, 0.4) is 0 Å². The topological polar surface area (TPSA) is 92.5 Å². The van der Waals surface area contributed by atoms with Crippen LogP contribution in [0.1, 0.15) is 10.4 Å². The largest absolute Gasteiger partial charge is 0.508 e. The molecule has 0 radical (unpaired) electrons. The highest BCUT2D eigenvalue weighted by Gasteiger charge is 2.19. The summed E-state index contributed by atoms with van der Waals surface area (Å²) in [5.74, 6) is -1.63. The summed E-state index contributed by atoms with van der Waals surface area (Å²) in [4.78, 5) is 22.2. The maximum Gasteiger partial charge on any atom is 0.296 e. The summed E-state index contributed by atoms with van der Waals surface area (Å²) < 4.78 is 13.3. The molecule has 0 spiro atoms. The van der Waals surface area contributed by atoms with Crippen molar-refractivity contribution in [2.45, 2.75) is 0 Å². The van der Waals surface area contributed by atoms with Gasteiger partial charge in [0.25, 0.3) is 11.6 Å². The third-order valence-corrected chi connectivity index (χ3v) is 3.43. The first-order valence-electron chi connectivity index (χ1n) is 5.63. The van der Waals surface area contributed by atoms with Gasteiger partial charge in [-0.1, -0.05) is 6.07 Å². The molecule has 21 heavy (non-hydrogen) atoms. The molecule has 2 N–H and O–H groups in total. The zero-order valence-electron chi connectivity index (χ0n) is 10.3. The van der Waals surface area contributed by atoms with Gasteiger partial charge in [-0.2, -0.15) is 0 Å². The van der Waals surface area contributed by atoms with Gasteiger partial charge in [0, 0.05) is 0 Å². The lowest BCUT2D eigenvalue weighted by Crippen LogP contribution is -2.14. The zero-order chi connectivity index (χ0) is 15.6. The molecule has 2 aromatic rings. The Kier molecular flexibility index (Phi) is 4.18. The predicted molar refractivity (Wildman–Crippen MR) is 76.8 cm³/mol. The Morgan fingerprint density at radius 2 is 2.05 bits per heavy atom. The minimum absolute atomic E-state index is 0.00243. The van der Waals surface area contributed by atoms with E-state index >= 15 is 0 Å². The summed E-state index contributed by atoms with van der Waals surface area (Å²) in [6.07, 6.45) is 0. The van der Waals surface area contributed by atoms with E-state index in [9.17, 15) is 24.4 Å². The molecule has 0 fully saturated rings. The molecule has 0 aliphatic rings. The molecule has 8 heteroatoms. The number of halogens is 2. The molecule has 0 aromatic heterocycles. The summed E-state index contributed by atoms with van der Waals surface area (Å²) >= 11 is 2.94. The van der Waals surface area contributed by atoms with Gasteiger partial charge in [0.2, 0.25) is 0 Å². The van der Waals surface area contributed by atoms with Gasteiger partial charge < -0.3 is 10.4 Å². The molecule has 0 unspecified atom stereocenters. The molecular weight excluding hydrogens is 347 g/mol. The SMILES string of the molecule is O=C(Nc1ccc(O)cc1[N+](=O)[O-])c1cccc(F)c1Br. The van der Waals surface area contributed by atoms with Gasteiger partial charge in [0.15, 0.2) is 0 Å². The maximum absolute atomic E-state index is 13.4. The predicted octanol–water partition coefficient (Wildman–Crippen LogP) is 3.45. The van der Waals surface area contributed by atoms with Crippen LogP contribution in [0.5, 0.6) is 5.75 Å². The second-order valence-corrected chi connectivity index (χ2v) is 4.81. The molecule has 6 nitrogen and oxygen atoms in total. The Balaban J connectivity index is 2.36. The number of hydrogen-bond acceptors (Lipinski definition) is 4. The van der Waals surface area contributed by atoms with E-state index in [1.807, 2.05) is 0 Å². The number of carbonyl (C=O) groups excluding carboxylic acids is 1. The van der Waals surface area contributed by atoms with Gasteiger partial charge in [-0.3, -0.25) is 14.9 Å². The number of amides is 1. The van der Waals surface area contributed by atoms with Crippen molar-refractivity contribution in [1.29, 1.82) is 0 Å². The van der Waals surface area contributed by atoms with Crippen molar-refractivity contribution < 1.29 is 19.2 Å². The molecule has 0 aliphatic carbocycles. The van der Waals surface area contributed by atoms with Gasteiger partial charge >= 0.3 is 0 Å². The minimum atomic E-state index is -0.740. The Labute approximate surface area is 126 Å². The number of anilines is 1. The van der Waals surface area contributed by atoms with Crippen molar-refractivity contribution in [2.24, 2.45) is 0 Å². The van der Waals surface area contributed by atoms with Crippen LogP contribution in [-0.2, 0) is 0 Å². The van der Waals surface area contributed by atoms with E-state index in [0.29, 0.717) is 0 Å². The Hall–Kier alpha value is -2.48. The van der Waals surface area contributed by atoms with Crippen LogP contribution in [-0.4, -0.2) is 15.9 Å². The number of carbonyl (C=O) groups is 1. The lowest BCUT2D eigenvalue weighted by molar-refractivity contribution is -0.384. The number of rotatable bonds is 3. The highest BCUT2D eigenvalue weighted by atomic mass is 79.9. The van der Waals surface area contributed by atoms with Crippen LogP contribution in [0.4, 0.5) is 15.8 Å². The van der Waals surface area contributed by atoms with E-state index in [1.165, 1.54) is 30.3 Å². The third-order valence-electron chi connectivity index (χ3n) is 2.62. The highest BCUT2D eigenvalue weighted by molar-refractivity contribution is 9.10. The van der Waals surface area contributed by atoms with Crippen LogP contribution >= 0.6 is 15.9 Å². The van der Waals surface area contributed by atoms with E-state index in [0.717, 1.165) is 6.07 Å². The number of phenols is 1. The summed E-state index contributed by atoms with van der Waals surface area (Å²) in [6.45, 7) is 0. The maximum atomic E-state index is 13.4. The first-order valence-corrected chi connectivity index (χ1v) is 6.42. The lowest BCUT2D eigenvalue weighted by atomic mass is 10.2. The number of aromatic hydroxyl groups is 1. The Morgan fingerprint density at radius 1 is 1.33 bits per heavy atom. The van der Waals surface area contributed by atoms with Crippen LogP contribution < -0.4 is 5.32 Å². The van der Waals surface area contributed by atoms with Crippen molar-refractivity contribution in [3.8, 4) is 5.75 Å². The summed E-state index contributed by atoms with van der Waals surface area (Å²) in [6, 6.07) is 7.19. The van der Waals surface area contributed by atoms with Gasteiger partial charge in [0.05, 0.1) is 21.0 Å². The number of nitrogens with zero attached hydrogens (tertiary/aromatic N) is 1. The molecule has 0 saturated carbocycles. The highest BCUT2D eigenvalue weighted by Crippen LogP contribution is 2.29. The van der Waals surface area contributed by atoms with Crippen LogP contribution in [0, 0.1) is 15.9 Å². The number of phenolic OH excluding ortho intramolecular Hbond substituents is 1. The van der Waals surface area contributed by atoms with E-state index in [-0.39, 0.29) is 21.5 Å². The Bertz CT molecular complexity index is 736. The minimum Gasteiger partial charge on any atom is -0.508 e. The number of benzene rings is 2. The average molecular weight is 355 g/mol. The van der Waals surface area contributed by atoms with Crippen LogP contribution in [0.25, 0.3) is 0 Å². The van der Waals surface area contributed by atoms with E-state index in [2.05, 4.69) is 21.2 Å². The second kappa shape index (κ2) is 5.88. The molecule has 0 heterocycles. The number of nitro benzene ring substituents is 1. The van der Waals surface area contributed by atoms with Crippen molar-refractivity contribution in [2.75, 3.05) is 5.32 Å². The van der Waals surface area contributed by atoms with E-state index in [1.54, 1.807) is 0 Å². The summed E-state index contributed by atoms with van der Waals surface area (Å²) in [5, 5.41) is 22.4. The second-order valence-electron chi connectivity index (χ2n) is 4.01. The van der Waals surface area contributed by atoms with Crippen molar-refractivity contribution in [1.82, 2.24) is 0 Å². The number of nitrogens with one attached hydrogen (secondary N) is 1. The molecule has 0 aliphatic heterocycles. The monoisotopic (exact) mass is 354 g/mol. The number of nitro groups is 1. The molecule has 2 rings (SSSR count). The summed E-state index contributed by atoms with van der Waals surface area (Å²) in [7, 11) is 0. The standard InChI is InChI=1S/C13H8BrFN2O4/c14-12-8(2-1-3-9(12)15)13(19)16-10-5-4-7(18)6-11(10)17(20)21/h1-6,18H,(H,16,19). The van der Waals surface area contributed by atoms with E-state index in [4.69, 9.17) is 0 Å². The molecule has 1 amide bonds. The van der Waals surface area contributed by atoms with Gasteiger partial charge in [0.1, 0.15) is 17.3 Å². The lowest BCUT2D eigenvalue weighted by Gasteiger charge is -2.08. The van der Waals surface area contributed by atoms with Gasteiger partial charge in [-0.05, 0) is 40.2 Å². The molecule has 0 saturated heterocycles. The quantitative estimate of drug-likeness (QED) is 0.501. The fourth-order valence-electron chi connectivity index (χ4n) is 1.65. The van der Waals surface area contributed by atoms with Crippen LogP contribution in [0.15, 0.2) is 40.9 Å². The molecule has 2 aromatic carbocycles. The summed E-state index contributed by atoms with van der Waals surface area (Å²) in [5.41, 5.74) is -0.563. The smallest absolute Gasteiger partial charge is 0.296 e. The molecular formula is C13H8BrFN2O4. The average Bonchev–Trinajstić information content (AvgIpc) is 2.43. The van der Waals surface area contributed by atoms with E-state index < -0.39 is 22.3 Å². The molecule has 108 valence electrons. The first-order chi connectivity index (χ1) is 9.90. The van der Waals surface area contributed by atoms with Crippen molar-refractivity contribution >= 4 is 33.2 Å². The molecule has 0 atom stereocenters. The van der Waals surface area contributed by atoms with Gasteiger partial charge in [-0.15, -0.1) is 0 Å². The zero-order valence-corrected chi connectivity index (χ0v) is 11.9. The number of hydrogen-bond donors (Lipinski definition) is 2. The fourth-order valence-corrected chi connectivity index (χ4v) is 2.09. The van der Waals surface area contributed by atoms with Crippen molar-refractivity contribution in [3.63, 3.8) is 0 Å².